The number of ketones is 1. The first-order valence-electron chi connectivity index (χ1n) is 18.1. The maximum Gasteiger partial charge on any atom is 0.410 e. The highest BCUT2D eigenvalue weighted by atomic mass is 19.1. The predicted molar refractivity (Wildman–Crippen MR) is 173 cm³/mol. The number of alkyl halides is 2. The number of carbonyl (C=O) groups is 3. The van der Waals surface area contributed by atoms with E-state index in [9.17, 15) is 19.5 Å². The lowest BCUT2D eigenvalue weighted by Crippen LogP contribution is -2.80. The first-order chi connectivity index (χ1) is 22.7. The summed E-state index contributed by atoms with van der Waals surface area (Å²) in [5.41, 5.74) is -0.634. The number of rotatable bonds is 2. The molecule has 48 heavy (non-hydrogen) atoms. The summed E-state index contributed by atoms with van der Waals surface area (Å²) in [4.78, 5) is 46.9. The van der Waals surface area contributed by atoms with Gasteiger partial charge in [0.05, 0.1) is 31.1 Å². The van der Waals surface area contributed by atoms with Crippen molar-refractivity contribution in [2.45, 2.75) is 140 Å². The number of aliphatic hydroxyl groups excluding tert-OH is 1. The fourth-order valence-electron chi connectivity index (χ4n) is 9.44. The van der Waals surface area contributed by atoms with E-state index in [1.165, 1.54) is 0 Å². The van der Waals surface area contributed by atoms with E-state index in [1.807, 2.05) is 41.5 Å². The monoisotopic (exact) mass is 682 g/mol. The number of halogens is 2. The molecule has 5 aliphatic heterocycles. The lowest BCUT2D eigenvalue weighted by atomic mass is 9.72. The van der Waals surface area contributed by atoms with E-state index in [4.69, 9.17) is 9.47 Å². The summed E-state index contributed by atoms with van der Waals surface area (Å²) < 4.78 is 44.2. The fraction of sp³-hybridized carbons (Fsp3) is 0.912. The van der Waals surface area contributed by atoms with Crippen LogP contribution in [-0.4, -0.2) is 137 Å². The van der Waals surface area contributed by atoms with Crippen LogP contribution in [0.3, 0.4) is 0 Å². The van der Waals surface area contributed by atoms with E-state index >= 15 is 8.78 Å². The topological polar surface area (TPSA) is 136 Å². The first kappa shape index (κ1) is 35.7. The molecule has 4 N–H and O–H groups in total. The molecule has 0 radical (unpaired) electrons. The smallest absolute Gasteiger partial charge is 0.410 e. The van der Waals surface area contributed by atoms with Crippen molar-refractivity contribution in [1.82, 2.24) is 30.7 Å². The zero-order chi connectivity index (χ0) is 34.7. The first-order valence-corrected chi connectivity index (χ1v) is 18.1. The average molecular weight is 683 g/mol. The van der Waals surface area contributed by atoms with Gasteiger partial charge in [0.1, 0.15) is 24.0 Å². The highest BCUT2D eigenvalue weighted by molar-refractivity contribution is 5.87. The standard InChI is InChI=1S/C34H56F2N6O6/c1-17(2)26-28-19(10-11-37-26)29(44)23(43)16-47-24-9-7-8-21(35)25(24)27-22(36)14-20-30(39-32(45)42(28)31(20)38-27)41-13-12-40(15-18(41)3)33(46)48-34(4,5)6/h17-28,30-31,37-38,43H,7-16H2,1-6H3,(H,39,45)/t18-,19?,20?,21?,22?,23?,24?,25?,26?,27?,28?,30?,31?/m0/s1. The van der Waals surface area contributed by atoms with E-state index in [-0.39, 0.29) is 49.3 Å². The van der Waals surface area contributed by atoms with Crippen LogP contribution in [0.2, 0.25) is 0 Å². The minimum absolute atomic E-state index is 0.0306. The van der Waals surface area contributed by atoms with Crippen LogP contribution >= 0.6 is 0 Å². The van der Waals surface area contributed by atoms with Crippen molar-refractivity contribution in [3.05, 3.63) is 0 Å². The van der Waals surface area contributed by atoms with Gasteiger partial charge in [0.15, 0.2) is 5.78 Å². The van der Waals surface area contributed by atoms with Gasteiger partial charge in [0.25, 0.3) is 0 Å². The van der Waals surface area contributed by atoms with Gasteiger partial charge >= 0.3 is 12.1 Å². The highest BCUT2D eigenvalue weighted by Gasteiger charge is 2.58. The van der Waals surface area contributed by atoms with Gasteiger partial charge in [-0.05, 0) is 72.3 Å². The fourth-order valence-corrected chi connectivity index (χ4v) is 9.44. The number of aliphatic hydroxyl groups is 1. The van der Waals surface area contributed by atoms with Crippen molar-refractivity contribution in [3.8, 4) is 0 Å². The van der Waals surface area contributed by atoms with Crippen LogP contribution < -0.4 is 16.0 Å². The SMILES string of the molecule is CC(C)C1NCCC2C(=O)C(O)COC3CCCC(F)C3C3NC4C(CC3F)C(N3CCN(C(=O)OC(C)(C)C)C[C@@H]3C)NC(=O)N4C21. The predicted octanol–water partition coefficient (Wildman–Crippen LogP) is 2.39. The van der Waals surface area contributed by atoms with Crippen LogP contribution in [-0.2, 0) is 14.3 Å². The number of nitrogens with zero attached hydrogens (tertiary/aromatic N) is 3. The molecule has 6 fully saturated rings. The van der Waals surface area contributed by atoms with Crippen molar-refractivity contribution in [3.63, 3.8) is 0 Å². The second-order valence-corrected chi connectivity index (χ2v) is 16.3. The van der Waals surface area contributed by atoms with Crippen LogP contribution in [0.5, 0.6) is 0 Å². The molecule has 13 atom stereocenters. The number of nitrogens with one attached hydrogen (secondary N) is 3. The Hall–Kier alpha value is -2.13. The molecule has 0 aromatic carbocycles. The summed E-state index contributed by atoms with van der Waals surface area (Å²) in [5.74, 6) is -2.31. The number of piperidine rings is 2. The van der Waals surface area contributed by atoms with Crippen molar-refractivity contribution in [2.75, 3.05) is 32.8 Å². The molecule has 0 aromatic rings. The van der Waals surface area contributed by atoms with Crippen molar-refractivity contribution in [1.29, 1.82) is 0 Å². The summed E-state index contributed by atoms with van der Waals surface area (Å²) >= 11 is 0. The molecule has 3 amide bonds. The van der Waals surface area contributed by atoms with Gasteiger partial charge in [-0.2, -0.15) is 0 Å². The van der Waals surface area contributed by atoms with Gasteiger partial charge in [-0.25, -0.2) is 18.4 Å². The summed E-state index contributed by atoms with van der Waals surface area (Å²) in [6.45, 7) is 13.0. The number of carbonyl (C=O) groups excluding carboxylic acids is 3. The molecule has 5 saturated heterocycles. The molecule has 12 nitrogen and oxygen atoms in total. The number of Topliss-reactive ketones (excluding diaryl/α,β-unsaturated/α-hetero) is 1. The van der Waals surface area contributed by atoms with Gasteiger partial charge in [0, 0.05) is 55.5 Å². The molecule has 0 aromatic heterocycles. The second-order valence-electron chi connectivity index (χ2n) is 16.3. The van der Waals surface area contributed by atoms with E-state index in [2.05, 4.69) is 20.9 Å². The largest absolute Gasteiger partial charge is 0.444 e. The molecule has 14 heteroatoms. The summed E-state index contributed by atoms with van der Waals surface area (Å²) in [6, 6.07) is -2.39. The number of urea groups is 1. The van der Waals surface area contributed by atoms with Gasteiger partial charge in [-0.1, -0.05) is 13.8 Å². The Balaban J connectivity index is 1.37. The molecule has 0 spiro atoms. The van der Waals surface area contributed by atoms with Gasteiger partial charge < -0.3 is 35.0 Å². The Bertz CT molecular complexity index is 1210. The van der Waals surface area contributed by atoms with Crippen LogP contribution in [0.1, 0.15) is 73.6 Å². The molecule has 272 valence electrons. The van der Waals surface area contributed by atoms with Crippen LogP contribution in [0, 0.1) is 23.7 Å². The van der Waals surface area contributed by atoms with Crippen LogP contribution in [0.25, 0.3) is 0 Å². The van der Waals surface area contributed by atoms with Crippen LogP contribution in [0.15, 0.2) is 0 Å². The normalized spacial score (nSPS) is 43.0. The average Bonchev–Trinajstić information content (AvgIpc) is 3.01. The molecule has 6 aliphatic rings. The maximum absolute atomic E-state index is 16.6. The quantitative estimate of drug-likeness (QED) is 0.347. The molecule has 12 unspecified atom stereocenters. The third kappa shape index (κ3) is 6.80. The Morgan fingerprint density at radius 1 is 1.08 bits per heavy atom. The molecule has 1 saturated carbocycles. The van der Waals surface area contributed by atoms with Gasteiger partial charge in [-0.3, -0.25) is 15.0 Å². The minimum atomic E-state index is -1.43. The summed E-state index contributed by atoms with van der Waals surface area (Å²) in [5, 5.41) is 21.4. The molecule has 6 rings (SSSR count). The van der Waals surface area contributed by atoms with Crippen molar-refractivity contribution < 1.29 is 37.7 Å². The summed E-state index contributed by atoms with van der Waals surface area (Å²) in [7, 11) is 0. The number of ether oxygens (including phenoxy) is 2. The van der Waals surface area contributed by atoms with Crippen molar-refractivity contribution >= 4 is 17.9 Å². The summed E-state index contributed by atoms with van der Waals surface area (Å²) in [6.07, 6.45) is -4.68. The van der Waals surface area contributed by atoms with Gasteiger partial charge in [-0.15, -0.1) is 0 Å². The Kier molecular flexibility index (Phi) is 10.3. The third-order valence-electron chi connectivity index (χ3n) is 11.6. The molecular formula is C34H56F2N6O6. The number of hydrogen-bond donors (Lipinski definition) is 4. The Morgan fingerprint density at radius 2 is 1.83 bits per heavy atom. The number of fused-ring (bicyclic) bond motifs is 5. The lowest BCUT2D eigenvalue weighted by molar-refractivity contribution is -0.153. The molecule has 5 heterocycles. The molecule has 1 aliphatic carbocycles. The van der Waals surface area contributed by atoms with Crippen LogP contribution in [0.4, 0.5) is 18.4 Å². The van der Waals surface area contributed by atoms with E-state index in [0.29, 0.717) is 45.4 Å². The number of hydrogen-bond acceptors (Lipinski definition) is 9. The van der Waals surface area contributed by atoms with E-state index < -0.39 is 78.4 Å². The van der Waals surface area contributed by atoms with E-state index in [0.717, 1.165) is 0 Å². The molecular weight excluding hydrogens is 626 g/mol. The Labute approximate surface area is 283 Å². The third-order valence-corrected chi connectivity index (χ3v) is 11.6. The number of piperazine rings is 1. The van der Waals surface area contributed by atoms with Crippen molar-refractivity contribution in [2.24, 2.45) is 23.7 Å². The Morgan fingerprint density at radius 3 is 2.52 bits per heavy atom. The van der Waals surface area contributed by atoms with E-state index in [1.54, 1.807) is 9.80 Å². The maximum atomic E-state index is 16.6. The highest BCUT2D eigenvalue weighted by Crippen LogP contribution is 2.43. The zero-order valence-corrected chi connectivity index (χ0v) is 29.2. The van der Waals surface area contributed by atoms with Gasteiger partial charge in [0.2, 0.25) is 0 Å². The minimum Gasteiger partial charge on any atom is -0.444 e. The zero-order valence-electron chi connectivity index (χ0n) is 29.2. The molecule has 2 bridgehead atoms. The number of amides is 3. The second kappa shape index (κ2) is 13.9. The lowest BCUT2D eigenvalue weighted by Gasteiger charge is -2.60.